The van der Waals surface area contributed by atoms with E-state index < -0.39 is 33.0 Å². The third-order valence-corrected chi connectivity index (χ3v) is 12.5. The van der Waals surface area contributed by atoms with Gasteiger partial charge in [0.15, 0.2) is 5.78 Å². The van der Waals surface area contributed by atoms with Gasteiger partial charge >= 0.3 is 0 Å². The van der Waals surface area contributed by atoms with Gasteiger partial charge in [-0.3, -0.25) is 9.59 Å². The second kappa shape index (κ2) is 18.2. The summed E-state index contributed by atoms with van der Waals surface area (Å²) >= 11 is 6.50. The number of rotatable bonds is 18. The number of carbonyl (C=O) groups excluding carboxylic acids is 2. The summed E-state index contributed by atoms with van der Waals surface area (Å²) in [5, 5.41) is 16.0. The number of Topliss-reactive ketones (excluding diaryl/α,β-unsaturated/α-hetero) is 1. The molecule has 0 heterocycles. The number of ketones is 1. The average Bonchev–Trinajstić information content (AvgIpc) is 3.16. The van der Waals surface area contributed by atoms with Crippen molar-refractivity contribution in [1.29, 1.82) is 0 Å². The fourth-order valence-corrected chi connectivity index (χ4v) is 7.21. The monoisotopic (exact) mass is 804 g/mol. The molecule has 4 rings (SSSR count). The van der Waals surface area contributed by atoms with Gasteiger partial charge < -0.3 is 25.2 Å². The topological polar surface area (TPSA) is 131 Å². The van der Waals surface area contributed by atoms with Crippen LogP contribution in [0.3, 0.4) is 0 Å². The van der Waals surface area contributed by atoms with E-state index in [0.29, 0.717) is 18.8 Å². The number of ether oxygens (including phenoxy) is 2. The smallest absolute Gasteiger partial charge is 0.273 e. The van der Waals surface area contributed by atoms with Gasteiger partial charge in [-0.2, -0.15) is 0 Å². The zero-order valence-electron chi connectivity index (χ0n) is 34.1. The summed E-state index contributed by atoms with van der Waals surface area (Å²) < 4.78 is 38.4. The van der Waals surface area contributed by atoms with Crippen molar-refractivity contribution in [3.05, 3.63) is 101 Å². The molecule has 4 aromatic rings. The molecule has 1 unspecified atom stereocenters. The van der Waals surface area contributed by atoms with Crippen LogP contribution in [0.1, 0.15) is 99.1 Å². The van der Waals surface area contributed by atoms with Crippen molar-refractivity contribution < 1.29 is 32.6 Å². The van der Waals surface area contributed by atoms with E-state index in [9.17, 15) is 23.1 Å². The molecule has 302 valence electrons. The summed E-state index contributed by atoms with van der Waals surface area (Å²) in [7, 11) is -3.88. The first-order valence-corrected chi connectivity index (χ1v) is 21.0. The Morgan fingerprint density at radius 2 is 1.39 bits per heavy atom. The van der Waals surface area contributed by atoms with Crippen LogP contribution in [0.5, 0.6) is 17.2 Å². The Hall–Kier alpha value is -4.54. The van der Waals surface area contributed by atoms with Gasteiger partial charge in [0.05, 0.1) is 27.1 Å². The van der Waals surface area contributed by atoms with E-state index in [-0.39, 0.29) is 37.1 Å². The standard InChI is InChI=1S/C45H57ClN2O7S/c1-10-44(6,7)30-14-25-39(36(28-30)45(8,9)11-2)54-27-13-12-26-47-31-15-24-37(46)38(29-31)48-42(51)40(41(50)43(3,4)5)55-33-18-22-35(23-19-33)56(52,53)34-20-16-32(49)17-21-34/h14-25,28-29,40,47,49H,10-13,26-27H2,1-9H3,(H,48,51). The van der Waals surface area contributed by atoms with Gasteiger partial charge in [0, 0.05) is 23.2 Å². The molecule has 0 spiro atoms. The lowest BCUT2D eigenvalue weighted by atomic mass is 9.76. The molecule has 3 N–H and O–H groups in total. The van der Waals surface area contributed by atoms with E-state index in [1.807, 2.05) is 6.07 Å². The van der Waals surface area contributed by atoms with Crippen LogP contribution in [0.25, 0.3) is 0 Å². The van der Waals surface area contributed by atoms with Crippen molar-refractivity contribution in [3.8, 4) is 17.2 Å². The fourth-order valence-electron chi connectivity index (χ4n) is 5.79. The van der Waals surface area contributed by atoms with Crippen molar-refractivity contribution in [2.75, 3.05) is 23.8 Å². The number of unbranched alkanes of at least 4 members (excludes halogenated alkanes) is 1. The minimum atomic E-state index is -3.88. The number of amides is 1. The fraction of sp³-hybridized carbons (Fsp3) is 0.422. The molecule has 1 amide bonds. The highest BCUT2D eigenvalue weighted by atomic mass is 35.5. The van der Waals surface area contributed by atoms with Crippen LogP contribution >= 0.6 is 11.6 Å². The van der Waals surface area contributed by atoms with Crippen LogP contribution in [0, 0.1) is 5.41 Å². The number of benzene rings is 4. The molecule has 0 aliphatic carbocycles. The van der Waals surface area contributed by atoms with Crippen molar-refractivity contribution in [2.45, 2.75) is 115 Å². The largest absolute Gasteiger partial charge is 0.508 e. The first-order chi connectivity index (χ1) is 26.2. The maximum absolute atomic E-state index is 13.7. The van der Waals surface area contributed by atoms with Gasteiger partial charge in [-0.05, 0) is 115 Å². The third kappa shape index (κ3) is 11.1. The molecule has 11 heteroatoms. The third-order valence-electron chi connectivity index (χ3n) is 10.4. The maximum atomic E-state index is 13.7. The number of aromatic hydroxyl groups is 1. The van der Waals surface area contributed by atoms with Gasteiger partial charge in [0.1, 0.15) is 17.2 Å². The van der Waals surface area contributed by atoms with Crippen LogP contribution in [0.4, 0.5) is 11.4 Å². The van der Waals surface area contributed by atoms with Crippen LogP contribution in [0.2, 0.25) is 5.02 Å². The summed E-state index contributed by atoms with van der Waals surface area (Å²) in [5.74, 6) is -0.198. The Balaban J connectivity index is 1.39. The van der Waals surface area contributed by atoms with E-state index in [1.54, 1.807) is 32.9 Å². The Bertz CT molecular complexity index is 2090. The number of phenolic OH excluding ortho intramolecular Hbond substituents is 1. The number of nitrogens with one attached hydrogen (secondary N) is 2. The minimum absolute atomic E-state index is 0.00460. The van der Waals surface area contributed by atoms with E-state index in [1.165, 1.54) is 59.7 Å². The molecule has 4 aromatic carbocycles. The number of sulfone groups is 1. The summed E-state index contributed by atoms with van der Waals surface area (Å²) in [4.78, 5) is 27.2. The van der Waals surface area contributed by atoms with Gasteiger partial charge in [-0.1, -0.05) is 86.0 Å². The van der Waals surface area contributed by atoms with Crippen LogP contribution in [0.15, 0.2) is 94.7 Å². The molecule has 0 aliphatic heterocycles. The predicted octanol–water partition coefficient (Wildman–Crippen LogP) is 10.5. The molecule has 56 heavy (non-hydrogen) atoms. The van der Waals surface area contributed by atoms with Gasteiger partial charge in [-0.25, -0.2) is 8.42 Å². The van der Waals surface area contributed by atoms with E-state index in [0.717, 1.165) is 37.1 Å². The van der Waals surface area contributed by atoms with Gasteiger partial charge in [0.25, 0.3) is 5.91 Å². The zero-order valence-corrected chi connectivity index (χ0v) is 35.7. The molecule has 0 bridgehead atoms. The highest BCUT2D eigenvalue weighted by molar-refractivity contribution is 7.91. The van der Waals surface area contributed by atoms with Crippen LogP contribution in [-0.2, 0) is 30.3 Å². The number of hydrogen-bond acceptors (Lipinski definition) is 8. The molecular weight excluding hydrogens is 748 g/mol. The molecule has 0 aliphatic rings. The summed E-state index contributed by atoms with van der Waals surface area (Å²) in [5.41, 5.74) is 2.73. The number of carbonyl (C=O) groups is 2. The van der Waals surface area contributed by atoms with E-state index in [2.05, 4.69) is 70.4 Å². The van der Waals surface area contributed by atoms with Crippen LogP contribution < -0.4 is 20.1 Å². The van der Waals surface area contributed by atoms with Gasteiger partial charge in [0.2, 0.25) is 15.9 Å². The second-order valence-corrected chi connectivity index (χ2v) is 18.8. The summed E-state index contributed by atoms with van der Waals surface area (Å²) in [6.45, 7) is 19.8. The van der Waals surface area contributed by atoms with Crippen molar-refractivity contribution in [1.82, 2.24) is 0 Å². The summed E-state index contributed by atoms with van der Waals surface area (Å²) in [6, 6.07) is 22.5. The lowest BCUT2D eigenvalue weighted by Crippen LogP contribution is -2.45. The Morgan fingerprint density at radius 3 is 1.98 bits per heavy atom. The highest BCUT2D eigenvalue weighted by Gasteiger charge is 2.37. The summed E-state index contributed by atoms with van der Waals surface area (Å²) in [6.07, 6.45) is 2.16. The number of hydrogen-bond donors (Lipinski definition) is 3. The Kier molecular flexibility index (Phi) is 14.3. The molecule has 0 saturated carbocycles. The lowest BCUT2D eigenvalue weighted by molar-refractivity contribution is -0.140. The quantitative estimate of drug-likeness (QED) is 0.0669. The highest BCUT2D eigenvalue weighted by Crippen LogP contribution is 2.39. The van der Waals surface area contributed by atoms with Crippen molar-refractivity contribution in [3.63, 3.8) is 0 Å². The molecule has 0 radical (unpaired) electrons. The molecule has 0 aromatic heterocycles. The molecular formula is C45H57ClN2O7S. The predicted molar refractivity (Wildman–Crippen MR) is 225 cm³/mol. The second-order valence-electron chi connectivity index (χ2n) is 16.4. The Morgan fingerprint density at radius 1 is 0.786 bits per heavy atom. The lowest BCUT2D eigenvalue weighted by Gasteiger charge is -2.30. The first-order valence-electron chi connectivity index (χ1n) is 19.2. The first kappa shape index (κ1) is 44.2. The maximum Gasteiger partial charge on any atom is 0.273 e. The van der Waals surface area contributed by atoms with Crippen molar-refractivity contribution >= 4 is 44.5 Å². The normalized spacial score (nSPS) is 12.8. The Labute approximate surface area is 338 Å². The molecule has 0 saturated heterocycles. The molecule has 9 nitrogen and oxygen atoms in total. The zero-order chi connectivity index (χ0) is 41.5. The van der Waals surface area contributed by atoms with E-state index >= 15 is 0 Å². The number of halogens is 1. The van der Waals surface area contributed by atoms with Gasteiger partial charge in [-0.15, -0.1) is 0 Å². The molecule has 0 fully saturated rings. The number of anilines is 2. The average molecular weight is 805 g/mol. The van der Waals surface area contributed by atoms with E-state index in [4.69, 9.17) is 21.1 Å². The minimum Gasteiger partial charge on any atom is -0.508 e. The van der Waals surface area contributed by atoms with Crippen molar-refractivity contribution in [2.24, 2.45) is 5.41 Å². The molecule has 1 atom stereocenters. The van der Waals surface area contributed by atoms with Crippen LogP contribution in [-0.4, -0.2) is 44.5 Å². The number of phenols is 1. The SMILES string of the molecule is CCC(C)(C)c1ccc(OCCCCNc2ccc(Cl)c(NC(=O)C(Oc3ccc(S(=O)(=O)c4ccc(O)cc4)cc3)C(=O)C(C)(C)C)c2)c(C(C)(C)CC)c1.